The van der Waals surface area contributed by atoms with Crippen molar-refractivity contribution in [3.05, 3.63) is 82.1 Å². The molecule has 0 aliphatic heterocycles. The molecule has 0 radical (unpaired) electrons. The SMILES string of the molecule is O=c1cc(C(F)(F)F)c(S(=O)(=O)c2ccccc2)nn1-c1cccc(C(F)(F)F)c1. The summed E-state index contributed by atoms with van der Waals surface area (Å²) in [4.78, 5) is 11.7. The van der Waals surface area contributed by atoms with Gasteiger partial charge in [-0.25, -0.2) is 8.42 Å². The summed E-state index contributed by atoms with van der Waals surface area (Å²) >= 11 is 0. The van der Waals surface area contributed by atoms with Gasteiger partial charge in [0.15, 0.2) is 5.03 Å². The molecule has 5 nitrogen and oxygen atoms in total. The van der Waals surface area contributed by atoms with E-state index < -0.39 is 54.5 Å². The number of hydrogen-bond acceptors (Lipinski definition) is 4. The Labute approximate surface area is 165 Å². The minimum Gasteiger partial charge on any atom is -0.267 e. The van der Waals surface area contributed by atoms with Gasteiger partial charge >= 0.3 is 12.4 Å². The maximum Gasteiger partial charge on any atom is 0.419 e. The van der Waals surface area contributed by atoms with Gasteiger partial charge in [-0.2, -0.15) is 36.1 Å². The van der Waals surface area contributed by atoms with Gasteiger partial charge < -0.3 is 0 Å². The molecule has 0 amide bonds. The van der Waals surface area contributed by atoms with E-state index >= 15 is 0 Å². The van der Waals surface area contributed by atoms with E-state index in [1.165, 1.54) is 18.2 Å². The minimum atomic E-state index is -5.25. The smallest absolute Gasteiger partial charge is 0.267 e. The molecule has 0 bridgehead atoms. The molecule has 0 N–H and O–H groups in total. The van der Waals surface area contributed by atoms with Gasteiger partial charge in [0.25, 0.3) is 5.56 Å². The van der Waals surface area contributed by atoms with Crippen molar-refractivity contribution in [3.63, 3.8) is 0 Å². The predicted octanol–water partition coefficient (Wildman–Crippen LogP) is 4.10. The third kappa shape index (κ3) is 4.08. The molecule has 0 aliphatic carbocycles. The van der Waals surface area contributed by atoms with E-state index in [4.69, 9.17) is 0 Å². The molecule has 0 aliphatic rings. The van der Waals surface area contributed by atoms with E-state index in [1.54, 1.807) is 0 Å². The fourth-order valence-corrected chi connectivity index (χ4v) is 3.94. The zero-order valence-electron chi connectivity index (χ0n) is 14.6. The topological polar surface area (TPSA) is 69.0 Å². The molecule has 0 unspecified atom stereocenters. The van der Waals surface area contributed by atoms with Crippen molar-refractivity contribution < 1.29 is 34.8 Å². The number of halogens is 6. The van der Waals surface area contributed by atoms with Gasteiger partial charge in [0, 0.05) is 6.07 Å². The Morgan fingerprint density at radius 2 is 1.43 bits per heavy atom. The monoisotopic (exact) mass is 448 g/mol. The first kappa shape index (κ1) is 21.6. The second kappa shape index (κ2) is 7.27. The fourth-order valence-electron chi connectivity index (χ4n) is 2.55. The van der Waals surface area contributed by atoms with Crippen LogP contribution in [0.4, 0.5) is 26.3 Å². The van der Waals surface area contributed by atoms with Gasteiger partial charge in [0.1, 0.15) is 5.56 Å². The van der Waals surface area contributed by atoms with Crippen LogP contribution in [0, 0.1) is 0 Å². The minimum absolute atomic E-state index is 0.0108. The molecule has 158 valence electrons. The molecule has 3 aromatic rings. The van der Waals surface area contributed by atoms with E-state index in [1.807, 2.05) is 0 Å². The van der Waals surface area contributed by atoms with Crippen molar-refractivity contribution in [1.82, 2.24) is 9.78 Å². The highest BCUT2D eigenvalue weighted by Crippen LogP contribution is 2.35. The summed E-state index contributed by atoms with van der Waals surface area (Å²) in [6.45, 7) is 0. The number of rotatable bonds is 3. The molecule has 0 spiro atoms. The van der Waals surface area contributed by atoms with Crippen molar-refractivity contribution in [3.8, 4) is 5.69 Å². The van der Waals surface area contributed by atoms with Crippen LogP contribution in [0.3, 0.4) is 0 Å². The van der Waals surface area contributed by atoms with Gasteiger partial charge in [-0.3, -0.25) is 4.79 Å². The van der Waals surface area contributed by atoms with E-state index in [0.29, 0.717) is 12.1 Å². The summed E-state index contributed by atoms with van der Waals surface area (Å²) in [5.41, 5.74) is -5.01. The summed E-state index contributed by atoms with van der Waals surface area (Å²) in [7, 11) is -4.85. The average molecular weight is 448 g/mol. The van der Waals surface area contributed by atoms with Crippen molar-refractivity contribution in [2.24, 2.45) is 0 Å². The lowest BCUT2D eigenvalue weighted by Crippen LogP contribution is -2.28. The number of alkyl halides is 6. The molecule has 0 saturated heterocycles. The Kier molecular flexibility index (Phi) is 5.23. The largest absolute Gasteiger partial charge is 0.419 e. The molecule has 0 saturated carbocycles. The first-order valence-corrected chi connectivity index (χ1v) is 9.49. The van der Waals surface area contributed by atoms with Crippen LogP contribution >= 0.6 is 0 Å². The molecule has 3 rings (SSSR count). The number of nitrogens with zero attached hydrogens (tertiary/aromatic N) is 2. The Morgan fingerprint density at radius 3 is 2.00 bits per heavy atom. The Bertz CT molecular complexity index is 1250. The van der Waals surface area contributed by atoms with Crippen molar-refractivity contribution in [2.75, 3.05) is 0 Å². The van der Waals surface area contributed by atoms with Gasteiger partial charge in [0.2, 0.25) is 9.84 Å². The standard InChI is InChI=1S/C18H10F6N2O3S/c19-17(20,21)11-5-4-6-12(9-11)26-15(27)10-14(18(22,23)24)16(25-26)30(28,29)13-7-2-1-3-8-13/h1-10H. The van der Waals surface area contributed by atoms with Gasteiger partial charge in [0.05, 0.1) is 16.1 Å². The predicted molar refractivity (Wildman–Crippen MR) is 91.7 cm³/mol. The van der Waals surface area contributed by atoms with Crippen molar-refractivity contribution in [1.29, 1.82) is 0 Å². The van der Waals surface area contributed by atoms with Crippen LogP contribution in [0.15, 0.2) is 75.4 Å². The van der Waals surface area contributed by atoms with Gasteiger partial charge in [-0.05, 0) is 30.3 Å². The average Bonchev–Trinajstić information content (AvgIpc) is 2.67. The molecule has 0 atom stereocenters. The lowest BCUT2D eigenvalue weighted by atomic mass is 10.2. The summed E-state index contributed by atoms with van der Waals surface area (Å²) in [6.07, 6.45) is -10.1. The van der Waals surface area contributed by atoms with Crippen molar-refractivity contribution in [2.45, 2.75) is 22.3 Å². The quantitative estimate of drug-likeness (QED) is 0.566. The fraction of sp³-hybridized carbons (Fsp3) is 0.111. The van der Waals surface area contributed by atoms with Crippen LogP contribution in [0.2, 0.25) is 0 Å². The first-order valence-electron chi connectivity index (χ1n) is 8.01. The second-order valence-corrected chi connectivity index (χ2v) is 7.84. The molecular weight excluding hydrogens is 438 g/mol. The van der Waals surface area contributed by atoms with E-state index in [0.717, 1.165) is 24.3 Å². The molecule has 30 heavy (non-hydrogen) atoms. The molecule has 0 fully saturated rings. The first-order chi connectivity index (χ1) is 13.8. The van der Waals surface area contributed by atoms with E-state index in [-0.39, 0.29) is 10.7 Å². The molecule has 12 heteroatoms. The normalized spacial score (nSPS) is 12.7. The van der Waals surface area contributed by atoms with E-state index in [2.05, 4.69) is 5.10 Å². The summed E-state index contributed by atoms with van der Waals surface area (Å²) in [6, 6.07) is 9.05. The zero-order chi connectivity index (χ0) is 22.3. The summed E-state index contributed by atoms with van der Waals surface area (Å²) < 4.78 is 105. The highest BCUT2D eigenvalue weighted by atomic mass is 32.2. The second-order valence-electron chi connectivity index (χ2n) is 5.98. The van der Waals surface area contributed by atoms with Gasteiger partial charge in [-0.15, -0.1) is 0 Å². The Hall–Kier alpha value is -3.15. The molecular formula is C18H10F6N2O3S. The lowest BCUT2D eigenvalue weighted by molar-refractivity contribution is -0.140. The highest BCUT2D eigenvalue weighted by Gasteiger charge is 2.40. The van der Waals surface area contributed by atoms with Crippen LogP contribution < -0.4 is 5.56 Å². The molecule has 1 heterocycles. The summed E-state index contributed by atoms with van der Waals surface area (Å²) in [5, 5.41) is 1.81. The van der Waals surface area contributed by atoms with E-state index in [9.17, 15) is 39.6 Å². The van der Waals surface area contributed by atoms with Crippen LogP contribution in [-0.2, 0) is 22.2 Å². The van der Waals surface area contributed by atoms with Crippen LogP contribution in [0.5, 0.6) is 0 Å². The summed E-state index contributed by atoms with van der Waals surface area (Å²) in [5.74, 6) is 0. The van der Waals surface area contributed by atoms with Gasteiger partial charge in [-0.1, -0.05) is 24.3 Å². The third-order valence-corrected chi connectivity index (χ3v) is 5.63. The zero-order valence-corrected chi connectivity index (χ0v) is 15.4. The number of sulfone groups is 1. The molecule has 1 aromatic heterocycles. The number of aromatic nitrogens is 2. The maximum absolute atomic E-state index is 13.4. The van der Waals surface area contributed by atoms with Crippen molar-refractivity contribution >= 4 is 9.84 Å². The van der Waals surface area contributed by atoms with Crippen LogP contribution in [0.25, 0.3) is 5.69 Å². The highest BCUT2D eigenvalue weighted by molar-refractivity contribution is 7.91. The van der Waals surface area contributed by atoms with Crippen LogP contribution in [0.1, 0.15) is 11.1 Å². The third-order valence-electron chi connectivity index (χ3n) is 3.93. The number of benzene rings is 2. The number of hydrogen-bond donors (Lipinski definition) is 0. The molecule has 2 aromatic carbocycles. The lowest BCUT2D eigenvalue weighted by Gasteiger charge is -2.15. The van der Waals surface area contributed by atoms with Crippen LogP contribution in [-0.4, -0.2) is 18.2 Å². The Balaban J connectivity index is 2.32. The maximum atomic E-state index is 13.4. The Morgan fingerprint density at radius 1 is 0.800 bits per heavy atom.